The highest BCUT2D eigenvalue weighted by Crippen LogP contribution is 2.13. The zero-order valence-corrected chi connectivity index (χ0v) is 10.3. The number of hydrogen-bond acceptors (Lipinski definition) is 4. The first-order valence-corrected chi connectivity index (χ1v) is 6.15. The molecule has 1 aliphatic rings. The van der Waals surface area contributed by atoms with E-state index in [0.717, 1.165) is 5.39 Å². The maximum Gasteiger partial charge on any atom is 0.344 e. The van der Waals surface area contributed by atoms with Gasteiger partial charge in [0.2, 0.25) is 0 Å². The molecule has 3 rings (SSSR count). The summed E-state index contributed by atoms with van der Waals surface area (Å²) in [4.78, 5) is 25.7. The summed E-state index contributed by atoms with van der Waals surface area (Å²) in [5.41, 5.74) is -0.477. The van der Waals surface area contributed by atoms with Crippen LogP contribution in [0.15, 0.2) is 39.5 Å². The van der Waals surface area contributed by atoms with Crippen LogP contribution in [0, 0.1) is 0 Å². The molecule has 5 heteroatoms. The fourth-order valence-corrected chi connectivity index (χ4v) is 2.16. The summed E-state index contributed by atoms with van der Waals surface area (Å²) in [6, 6.07) is 8.69. The first-order chi connectivity index (χ1) is 9.25. The normalized spacial score (nSPS) is 15.7. The largest absolute Gasteiger partial charge is 0.417 e. The van der Waals surface area contributed by atoms with E-state index in [-0.39, 0.29) is 11.7 Å². The monoisotopic (exact) mass is 259 g/mol. The fraction of sp³-hybridized carbons (Fsp3) is 0.286. The maximum atomic E-state index is 12.2. The molecule has 0 spiro atoms. The van der Waals surface area contributed by atoms with Gasteiger partial charge in [0.25, 0.3) is 5.91 Å². The van der Waals surface area contributed by atoms with Crippen molar-refractivity contribution < 1.29 is 13.9 Å². The van der Waals surface area contributed by atoms with Crippen LogP contribution in [0.5, 0.6) is 0 Å². The van der Waals surface area contributed by atoms with Gasteiger partial charge in [0.1, 0.15) is 0 Å². The SMILES string of the molecule is O=C(c1cc2ccccc2c(=O)o1)N1CCOCC1. The topological polar surface area (TPSA) is 59.8 Å². The minimum atomic E-state index is -0.477. The molecule has 0 atom stereocenters. The number of carbonyl (C=O) groups excluding carboxylic acids is 1. The molecule has 0 saturated carbocycles. The number of hydrogen-bond donors (Lipinski definition) is 0. The van der Waals surface area contributed by atoms with E-state index < -0.39 is 5.63 Å². The fourth-order valence-electron chi connectivity index (χ4n) is 2.16. The Kier molecular flexibility index (Phi) is 3.05. The predicted molar refractivity (Wildman–Crippen MR) is 69.2 cm³/mol. The summed E-state index contributed by atoms with van der Waals surface area (Å²) in [5.74, 6) is -0.170. The van der Waals surface area contributed by atoms with Gasteiger partial charge in [0, 0.05) is 13.1 Å². The third-order valence-electron chi connectivity index (χ3n) is 3.18. The Morgan fingerprint density at radius 3 is 2.68 bits per heavy atom. The van der Waals surface area contributed by atoms with Crippen molar-refractivity contribution in [2.24, 2.45) is 0 Å². The van der Waals surface area contributed by atoms with Crippen molar-refractivity contribution in [2.75, 3.05) is 26.3 Å². The molecule has 0 N–H and O–H groups in total. The molecule has 2 aromatic rings. The molecule has 98 valence electrons. The van der Waals surface area contributed by atoms with E-state index in [2.05, 4.69) is 0 Å². The summed E-state index contributed by atoms with van der Waals surface area (Å²) < 4.78 is 10.3. The lowest BCUT2D eigenvalue weighted by Gasteiger charge is -2.26. The molecule has 5 nitrogen and oxygen atoms in total. The van der Waals surface area contributed by atoms with Gasteiger partial charge < -0.3 is 14.1 Å². The molecule has 0 aliphatic carbocycles. The lowest BCUT2D eigenvalue weighted by atomic mass is 10.1. The molecule has 1 aromatic heterocycles. The Morgan fingerprint density at radius 1 is 1.16 bits per heavy atom. The van der Waals surface area contributed by atoms with Crippen LogP contribution < -0.4 is 5.63 Å². The quantitative estimate of drug-likeness (QED) is 0.773. The second-order valence-electron chi connectivity index (χ2n) is 4.39. The molecule has 0 bridgehead atoms. The Labute approximate surface area is 109 Å². The Bertz CT molecular complexity index is 670. The smallest absolute Gasteiger partial charge is 0.344 e. The molecule has 1 aliphatic heterocycles. The molecule has 1 fully saturated rings. The lowest BCUT2D eigenvalue weighted by molar-refractivity contribution is 0.0280. The van der Waals surface area contributed by atoms with E-state index in [1.54, 1.807) is 29.2 Å². The van der Waals surface area contributed by atoms with Crippen molar-refractivity contribution in [3.8, 4) is 0 Å². The van der Waals surface area contributed by atoms with Crippen molar-refractivity contribution in [3.63, 3.8) is 0 Å². The Balaban J connectivity index is 2.00. The van der Waals surface area contributed by atoms with Crippen LogP contribution in [-0.4, -0.2) is 37.1 Å². The molecule has 1 aromatic carbocycles. The lowest BCUT2D eigenvalue weighted by Crippen LogP contribution is -2.40. The van der Waals surface area contributed by atoms with Gasteiger partial charge in [-0.15, -0.1) is 0 Å². The zero-order valence-electron chi connectivity index (χ0n) is 10.3. The number of nitrogens with zero attached hydrogens (tertiary/aromatic N) is 1. The Hall–Kier alpha value is -2.14. The summed E-state index contributed by atoms with van der Waals surface area (Å²) >= 11 is 0. The number of fused-ring (bicyclic) bond motifs is 1. The van der Waals surface area contributed by atoms with Gasteiger partial charge in [-0.3, -0.25) is 4.79 Å². The highest BCUT2D eigenvalue weighted by Gasteiger charge is 2.21. The third kappa shape index (κ3) is 2.24. The summed E-state index contributed by atoms with van der Waals surface area (Å²) in [6.07, 6.45) is 0. The van der Waals surface area contributed by atoms with Crippen molar-refractivity contribution >= 4 is 16.7 Å². The number of amides is 1. The minimum Gasteiger partial charge on any atom is -0.417 e. The van der Waals surface area contributed by atoms with Gasteiger partial charge in [-0.2, -0.15) is 0 Å². The summed E-state index contributed by atoms with van der Waals surface area (Å²) in [7, 11) is 0. The molecule has 1 amide bonds. The van der Waals surface area contributed by atoms with Gasteiger partial charge in [-0.1, -0.05) is 18.2 Å². The van der Waals surface area contributed by atoms with Crippen LogP contribution in [-0.2, 0) is 4.74 Å². The van der Waals surface area contributed by atoms with Gasteiger partial charge in [0.05, 0.1) is 18.6 Å². The van der Waals surface area contributed by atoms with E-state index in [9.17, 15) is 9.59 Å². The predicted octanol–water partition coefficient (Wildman–Crippen LogP) is 1.27. The summed E-state index contributed by atoms with van der Waals surface area (Å²) in [6.45, 7) is 2.08. The van der Waals surface area contributed by atoms with Crippen molar-refractivity contribution in [3.05, 3.63) is 46.5 Å². The number of rotatable bonds is 1. The van der Waals surface area contributed by atoms with E-state index >= 15 is 0 Å². The van der Waals surface area contributed by atoms with Crippen LogP contribution in [0.1, 0.15) is 10.6 Å². The van der Waals surface area contributed by atoms with E-state index in [1.165, 1.54) is 0 Å². The van der Waals surface area contributed by atoms with Crippen molar-refractivity contribution in [1.29, 1.82) is 0 Å². The molecule has 19 heavy (non-hydrogen) atoms. The average molecular weight is 259 g/mol. The van der Waals surface area contributed by atoms with Crippen molar-refractivity contribution in [2.45, 2.75) is 0 Å². The zero-order chi connectivity index (χ0) is 13.2. The molecule has 0 unspecified atom stereocenters. The number of ether oxygens (including phenoxy) is 1. The van der Waals surface area contributed by atoms with Crippen LogP contribution in [0.25, 0.3) is 10.8 Å². The molecular formula is C14H13NO4. The number of morpholine rings is 1. The van der Waals surface area contributed by atoms with Crippen LogP contribution in [0.2, 0.25) is 0 Å². The molecule has 1 saturated heterocycles. The first-order valence-electron chi connectivity index (χ1n) is 6.15. The highest BCUT2D eigenvalue weighted by molar-refractivity contribution is 5.95. The second-order valence-corrected chi connectivity index (χ2v) is 4.39. The van der Waals surface area contributed by atoms with Gasteiger partial charge >= 0.3 is 5.63 Å². The second kappa shape index (κ2) is 4.85. The van der Waals surface area contributed by atoms with Crippen molar-refractivity contribution in [1.82, 2.24) is 4.90 Å². The van der Waals surface area contributed by atoms with E-state index in [0.29, 0.717) is 31.7 Å². The Morgan fingerprint density at radius 2 is 1.89 bits per heavy atom. The minimum absolute atomic E-state index is 0.0885. The number of benzene rings is 1. The summed E-state index contributed by atoms with van der Waals surface area (Å²) in [5, 5.41) is 1.20. The standard InChI is InChI=1S/C14H13NO4/c16-13(15-5-7-18-8-6-15)12-9-10-3-1-2-4-11(10)14(17)19-12/h1-4,9H,5-8H2. The molecular weight excluding hydrogens is 246 g/mol. The number of carbonyl (C=O) groups is 1. The molecule has 0 radical (unpaired) electrons. The first kappa shape index (κ1) is 11.9. The van der Waals surface area contributed by atoms with Crippen LogP contribution >= 0.6 is 0 Å². The van der Waals surface area contributed by atoms with Gasteiger partial charge in [0.15, 0.2) is 5.76 Å². The van der Waals surface area contributed by atoms with E-state index in [4.69, 9.17) is 9.15 Å². The van der Waals surface area contributed by atoms with E-state index in [1.807, 2.05) is 6.07 Å². The van der Waals surface area contributed by atoms with Gasteiger partial charge in [-0.05, 0) is 17.5 Å². The molecule has 2 heterocycles. The van der Waals surface area contributed by atoms with Gasteiger partial charge in [-0.25, -0.2) is 4.79 Å². The third-order valence-corrected chi connectivity index (χ3v) is 3.18. The maximum absolute atomic E-state index is 12.2. The average Bonchev–Trinajstić information content (AvgIpc) is 2.47. The van der Waals surface area contributed by atoms with Crippen LogP contribution in [0.4, 0.5) is 0 Å². The van der Waals surface area contributed by atoms with Crippen LogP contribution in [0.3, 0.4) is 0 Å². The highest BCUT2D eigenvalue weighted by atomic mass is 16.5.